The average molecular weight is 484 g/mol. The van der Waals surface area contributed by atoms with Gasteiger partial charge in [0.15, 0.2) is 5.82 Å². The Labute approximate surface area is 205 Å². The second-order valence-electron chi connectivity index (χ2n) is 9.21. The number of hydrogen-bond donors (Lipinski definition) is 1. The van der Waals surface area contributed by atoms with E-state index in [4.69, 9.17) is 16.3 Å². The molecule has 0 heterocycles. The molecule has 0 aromatic heterocycles. The second kappa shape index (κ2) is 17.8. The Morgan fingerprint density at radius 2 is 1.42 bits per heavy atom. The van der Waals surface area contributed by atoms with Gasteiger partial charge in [-0.25, -0.2) is 9.18 Å². The average Bonchev–Trinajstić information content (AvgIpc) is 2.79. The Morgan fingerprint density at radius 3 is 1.94 bits per heavy atom. The van der Waals surface area contributed by atoms with Crippen molar-refractivity contribution in [3.05, 3.63) is 34.6 Å². The van der Waals surface area contributed by atoms with Crippen LogP contribution in [0.2, 0.25) is 5.02 Å². The van der Waals surface area contributed by atoms with Crippen LogP contribution < -0.4 is 5.32 Å². The van der Waals surface area contributed by atoms with Crippen molar-refractivity contribution in [1.29, 1.82) is 0 Å². The summed E-state index contributed by atoms with van der Waals surface area (Å²) in [6.07, 6.45) is 16.3. The van der Waals surface area contributed by atoms with Gasteiger partial charge in [0.2, 0.25) is 0 Å². The van der Waals surface area contributed by atoms with E-state index >= 15 is 0 Å². The van der Waals surface area contributed by atoms with E-state index in [9.17, 15) is 14.0 Å². The maximum atomic E-state index is 14.1. The zero-order valence-electron chi connectivity index (χ0n) is 20.8. The van der Waals surface area contributed by atoms with E-state index in [0.29, 0.717) is 6.61 Å². The standard InChI is InChI=1S/C27H43ClFNO3/c1-4-5-6-7-8-9-10-11-12-13-14-15-16-20-33-27(32)25(21(2)3)30-26(31)22-18-17-19-23(28)24(22)29/h17-19,21,25H,4-16,20H2,1-3H3,(H,30,31). The first kappa shape index (κ1) is 29.4. The summed E-state index contributed by atoms with van der Waals surface area (Å²) in [5.41, 5.74) is -0.183. The van der Waals surface area contributed by atoms with Crippen LogP contribution >= 0.6 is 11.6 Å². The highest BCUT2D eigenvalue weighted by molar-refractivity contribution is 6.31. The number of carbonyl (C=O) groups is 2. The van der Waals surface area contributed by atoms with Gasteiger partial charge in [-0.15, -0.1) is 0 Å². The summed E-state index contributed by atoms with van der Waals surface area (Å²) in [5.74, 6) is -2.14. The van der Waals surface area contributed by atoms with E-state index in [-0.39, 0.29) is 16.5 Å². The first-order valence-electron chi connectivity index (χ1n) is 12.8. The molecular weight excluding hydrogens is 441 g/mol. The van der Waals surface area contributed by atoms with Crippen LogP contribution in [0.15, 0.2) is 18.2 Å². The molecule has 1 aromatic carbocycles. The van der Waals surface area contributed by atoms with Crippen molar-refractivity contribution < 1.29 is 18.7 Å². The van der Waals surface area contributed by atoms with Crippen LogP contribution in [-0.2, 0) is 9.53 Å². The molecule has 0 radical (unpaired) electrons. The summed E-state index contributed by atoms with van der Waals surface area (Å²) in [6.45, 7) is 6.21. The van der Waals surface area contributed by atoms with Gasteiger partial charge in [0.05, 0.1) is 17.2 Å². The van der Waals surface area contributed by atoms with Crippen LogP contribution in [0.3, 0.4) is 0 Å². The second-order valence-corrected chi connectivity index (χ2v) is 9.61. The van der Waals surface area contributed by atoms with Crippen LogP contribution in [-0.4, -0.2) is 24.5 Å². The van der Waals surface area contributed by atoms with E-state index in [1.165, 1.54) is 82.4 Å². The minimum atomic E-state index is -0.835. The Kier molecular flexibility index (Phi) is 15.9. The maximum absolute atomic E-state index is 14.1. The lowest BCUT2D eigenvalue weighted by Gasteiger charge is -2.21. The maximum Gasteiger partial charge on any atom is 0.328 e. The van der Waals surface area contributed by atoms with Crippen molar-refractivity contribution in [3.63, 3.8) is 0 Å². The molecule has 0 aliphatic heterocycles. The largest absolute Gasteiger partial charge is 0.464 e. The summed E-state index contributed by atoms with van der Waals surface area (Å²) in [4.78, 5) is 24.9. The lowest BCUT2D eigenvalue weighted by Crippen LogP contribution is -2.45. The third-order valence-electron chi connectivity index (χ3n) is 5.90. The summed E-state index contributed by atoms with van der Waals surface area (Å²) >= 11 is 5.75. The number of rotatable bonds is 18. The van der Waals surface area contributed by atoms with Gasteiger partial charge in [0.1, 0.15) is 6.04 Å². The van der Waals surface area contributed by atoms with Crippen LogP contribution in [0.5, 0.6) is 0 Å². The minimum absolute atomic E-state index is 0.131. The molecule has 33 heavy (non-hydrogen) atoms. The van der Waals surface area contributed by atoms with Crippen molar-refractivity contribution in [1.82, 2.24) is 5.32 Å². The number of benzene rings is 1. The normalized spacial score (nSPS) is 12.1. The molecule has 0 aliphatic rings. The van der Waals surface area contributed by atoms with Crippen LogP contribution in [0.1, 0.15) is 115 Å². The fourth-order valence-corrected chi connectivity index (χ4v) is 3.95. The van der Waals surface area contributed by atoms with Gasteiger partial charge in [-0.05, 0) is 24.5 Å². The molecule has 1 unspecified atom stereocenters. The molecule has 4 nitrogen and oxygen atoms in total. The van der Waals surface area contributed by atoms with Crippen molar-refractivity contribution in [2.45, 2.75) is 110 Å². The molecule has 1 amide bonds. The number of halogens is 2. The molecule has 0 aliphatic carbocycles. The Bertz CT molecular complexity index is 696. The van der Waals surface area contributed by atoms with E-state index < -0.39 is 23.7 Å². The molecule has 188 valence electrons. The van der Waals surface area contributed by atoms with E-state index in [2.05, 4.69) is 12.2 Å². The van der Waals surface area contributed by atoms with Gasteiger partial charge in [0, 0.05) is 0 Å². The number of hydrogen-bond acceptors (Lipinski definition) is 3. The number of amides is 1. The number of carbonyl (C=O) groups excluding carboxylic acids is 2. The highest BCUT2D eigenvalue weighted by Gasteiger charge is 2.27. The summed E-state index contributed by atoms with van der Waals surface area (Å²) in [6, 6.07) is 3.38. The molecule has 0 saturated carbocycles. The predicted octanol–water partition coefficient (Wildman–Crippen LogP) is 7.87. The predicted molar refractivity (Wildman–Crippen MR) is 134 cm³/mol. The van der Waals surface area contributed by atoms with E-state index in [1.807, 2.05) is 13.8 Å². The Hall–Kier alpha value is -1.62. The number of esters is 1. The first-order chi connectivity index (χ1) is 15.9. The van der Waals surface area contributed by atoms with E-state index in [1.54, 1.807) is 0 Å². The number of unbranched alkanes of at least 4 members (excludes halogenated alkanes) is 12. The Balaban J connectivity index is 2.18. The van der Waals surface area contributed by atoms with Crippen LogP contribution in [0.25, 0.3) is 0 Å². The molecular formula is C27H43ClFNO3. The lowest BCUT2D eigenvalue weighted by atomic mass is 10.0. The van der Waals surface area contributed by atoms with Gasteiger partial charge in [-0.3, -0.25) is 4.79 Å². The third-order valence-corrected chi connectivity index (χ3v) is 6.19. The molecule has 0 saturated heterocycles. The molecule has 0 fully saturated rings. The summed E-state index contributed by atoms with van der Waals surface area (Å²) < 4.78 is 19.5. The minimum Gasteiger partial charge on any atom is -0.464 e. The van der Waals surface area contributed by atoms with Crippen molar-refractivity contribution in [3.8, 4) is 0 Å². The first-order valence-corrected chi connectivity index (χ1v) is 13.2. The van der Waals surface area contributed by atoms with Crippen molar-refractivity contribution >= 4 is 23.5 Å². The van der Waals surface area contributed by atoms with Gasteiger partial charge in [-0.2, -0.15) is 0 Å². The molecule has 0 bridgehead atoms. The number of ether oxygens (including phenoxy) is 1. The van der Waals surface area contributed by atoms with Gasteiger partial charge < -0.3 is 10.1 Å². The van der Waals surface area contributed by atoms with Crippen LogP contribution in [0.4, 0.5) is 4.39 Å². The molecule has 6 heteroatoms. The van der Waals surface area contributed by atoms with Crippen molar-refractivity contribution in [2.75, 3.05) is 6.61 Å². The quantitative estimate of drug-likeness (QED) is 0.171. The highest BCUT2D eigenvalue weighted by atomic mass is 35.5. The van der Waals surface area contributed by atoms with Gasteiger partial charge >= 0.3 is 5.97 Å². The highest BCUT2D eigenvalue weighted by Crippen LogP contribution is 2.18. The third kappa shape index (κ3) is 12.4. The smallest absolute Gasteiger partial charge is 0.328 e. The summed E-state index contributed by atoms with van der Waals surface area (Å²) in [7, 11) is 0. The van der Waals surface area contributed by atoms with Crippen LogP contribution in [0, 0.1) is 11.7 Å². The fraction of sp³-hybridized carbons (Fsp3) is 0.704. The SMILES string of the molecule is CCCCCCCCCCCCCCCOC(=O)C(NC(=O)c1cccc(Cl)c1F)C(C)C. The van der Waals surface area contributed by atoms with Gasteiger partial charge in [0.25, 0.3) is 5.91 Å². The molecule has 1 aromatic rings. The number of nitrogens with one attached hydrogen (secondary N) is 1. The Morgan fingerprint density at radius 1 is 0.909 bits per heavy atom. The molecule has 0 spiro atoms. The molecule has 1 N–H and O–H groups in total. The van der Waals surface area contributed by atoms with E-state index in [0.717, 1.165) is 19.3 Å². The topological polar surface area (TPSA) is 55.4 Å². The monoisotopic (exact) mass is 483 g/mol. The zero-order chi connectivity index (χ0) is 24.5. The summed E-state index contributed by atoms with van der Waals surface area (Å²) in [5, 5.41) is 2.46. The lowest BCUT2D eigenvalue weighted by molar-refractivity contribution is -0.147. The molecule has 1 rings (SSSR count). The van der Waals surface area contributed by atoms with Gasteiger partial charge in [-0.1, -0.05) is 115 Å². The zero-order valence-corrected chi connectivity index (χ0v) is 21.5. The fourth-order valence-electron chi connectivity index (χ4n) is 3.78. The molecule has 1 atom stereocenters. The van der Waals surface area contributed by atoms with Crippen molar-refractivity contribution in [2.24, 2.45) is 5.92 Å².